The number of nitrogens with zero attached hydrogens (tertiary/aromatic N) is 1. The molecule has 7 heteroatoms. The molecule has 1 aromatic rings. The normalized spacial score (nSPS) is 23.7. The summed E-state index contributed by atoms with van der Waals surface area (Å²) in [4.78, 5) is 49.5. The topological polar surface area (TPSA) is 95.6 Å². The van der Waals surface area contributed by atoms with Gasteiger partial charge in [-0.1, -0.05) is 6.07 Å². The lowest BCUT2D eigenvalue weighted by atomic mass is 9.91. The van der Waals surface area contributed by atoms with E-state index < -0.39 is 17.9 Å². The summed E-state index contributed by atoms with van der Waals surface area (Å²) in [6.45, 7) is 1.43. The number of carbonyl (C=O) groups is 4. The first kappa shape index (κ1) is 14.1. The van der Waals surface area contributed by atoms with Gasteiger partial charge in [-0.05, 0) is 29.2 Å². The molecule has 4 amide bonds. The van der Waals surface area contributed by atoms with Gasteiger partial charge in [-0.2, -0.15) is 0 Å². The average molecular weight is 313 g/mol. The summed E-state index contributed by atoms with van der Waals surface area (Å²) in [6, 6.07) is 2.83. The van der Waals surface area contributed by atoms with E-state index in [1.807, 2.05) is 12.1 Å². The largest absolute Gasteiger partial charge is 0.309 e. The first-order chi connectivity index (χ1) is 11.0. The van der Waals surface area contributed by atoms with Crippen molar-refractivity contribution in [2.75, 3.05) is 0 Å². The summed E-state index contributed by atoms with van der Waals surface area (Å²) in [5, 5.41) is 5.41. The van der Waals surface area contributed by atoms with Crippen molar-refractivity contribution in [3.05, 3.63) is 34.4 Å². The minimum atomic E-state index is -0.896. The van der Waals surface area contributed by atoms with Crippen molar-refractivity contribution in [2.24, 2.45) is 0 Å². The van der Waals surface area contributed by atoms with Crippen LogP contribution in [0.15, 0.2) is 12.1 Å². The van der Waals surface area contributed by atoms with E-state index in [1.165, 1.54) is 0 Å². The van der Waals surface area contributed by atoms with Crippen LogP contribution in [0.3, 0.4) is 0 Å². The highest BCUT2D eigenvalue weighted by Gasteiger charge is 2.41. The van der Waals surface area contributed by atoms with Crippen LogP contribution in [0, 0.1) is 0 Å². The monoisotopic (exact) mass is 313 g/mol. The summed E-state index contributed by atoms with van der Waals surface area (Å²) in [5.74, 6) is -1.77. The van der Waals surface area contributed by atoms with E-state index in [-0.39, 0.29) is 31.1 Å². The Balaban J connectivity index is 1.71. The van der Waals surface area contributed by atoms with Gasteiger partial charge in [-0.3, -0.25) is 29.4 Å². The Hall–Kier alpha value is -2.54. The van der Waals surface area contributed by atoms with Crippen LogP contribution in [-0.2, 0) is 33.9 Å². The third-order valence-electron chi connectivity index (χ3n) is 4.64. The molecule has 1 aromatic carbocycles. The number of benzene rings is 1. The minimum absolute atomic E-state index is 0.103. The van der Waals surface area contributed by atoms with E-state index >= 15 is 0 Å². The minimum Gasteiger partial charge on any atom is -0.309 e. The lowest BCUT2D eigenvalue weighted by Crippen LogP contribution is -2.58. The lowest BCUT2D eigenvalue weighted by Gasteiger charge is -2.34. The maximum absolute atomic E-state index is 12.8. The van der Waals surface area contributed by atoms with Crippen LogP contribution in [-0.4, -0.2) is 34.6 Å². The maximum Gasteiger partial charge on any atom is 0.261 e. The molecule has 0 bridgehead atoms. The molecule has 3 heterocycles. The molecule has 3 aliphatic heterocycles. The van der Waals surface area contributed by atoms with Crippen molar-refractivity contribution in [3.63, 3.8) is 0 Å². The molecule has 23 heavy (non-hydrogen) atoms. The summed E-state index contributed by atoms with van der Waals surface area (Å²) >= 11 is 0. The van der Waals surface area contributed by atoms with Crippen molar-refractivity contribution >= 4 is 23.6 Å². The molecule has 4 rings (SSSR count). The van der Waals surface area contributed by atoms with E-state index in [9.17, 15) is 19.2 Å². The van der Waals surface area contributed by atoms with Gasteiger partial charge < -0.3 is 5.32 Å². The molecule has 7 nitrogen and oxygen atoms in total. The number of rotatable bonds is 1. The van der Waals surface area contributed by atoms with Crippen LogP contribution in [0.5, 0.6) is 0 Å². The molecule has 0 aliphatic carbocycles. The number of hydrogen-bond acceptors (Lipinski definition) is 5. The van der Waals surface area contributed by atoms with Crippen molar-refractivity contribution < 1.29 is 19.2 Å². The molecule has 118 valence electrons. The van der Waals surface area contributed by atoms with Gasteiger partial charge in [0, 0.05) is 25.1 Å². The smallest absolute Gasteiger partial charge is 0.261 e. The Labute approximate surface area is 132 Å². The number of nitrogens with one attached hydrogen (secondary N) is 2. The Kier molecular flexibility index (Phi) is 3.05. The highest BCUT2D eigenvalue weighted by molar-refractivity contribution is 6.13. The lowest BCUT2D eigenvalue weighted by molar-refractivity contribution is -0.143. The molecule has 2 N–H and O–H groups in total. The molecule has 0 saturated carbocycles. The van der Waals surface area contributed by atoms with Crippen LogP contribution in [0.1, 0.15) is 39.9 Å². The second-order valence-electron chi connectivity index (χ2n) is 6.09. The van der Waals surface area contributed by atoms with Crippen LogP contribution in [0.25, 0.3) is 0 Å². The van der Waals surface area contributed by atoms with Crippen molar-refractivity contribution in [2.45, 2.75) is 38.4 Å². The molecule has 0 radical (unpaired) electrons. The Morgan fingerprint density at radius 2 is 1.74 bits per heavy atom. The Morgan fingerprint density at radius 1 is 1.00 bits per heavy atom. The predicted octanol–water partition coefficient (Wildman–Crippen LogP) is -0.380. The summed E-state index contributed by atoms with van der Waals surface area (Å²) in [7, 11) is 0. The number of piperidine rings is 1. The maximum atomic E-state index is 12.8. The molecule has 1 fully saturated rings. The molecular weight excluding hydrogens is 298 g/mol. The first-order valence-corrected chi connectivity index (χ1v) is 7.60. The fourth-order valence-corrected chi connectivity index (χ4v) is 3.48. The van der Waals surface area contributed by atoms with E-state index in [0.717, 1.165) is 22.6 Å². The number of amides is 4. The van der Waals surface area contributed by atoms with Gasteiger partial charge in [0.15, 0.2) is 0 Å². The molecule has 1 unspecified atom stereocenters. The Bertz CT molecular complexity index is 771. The second kappa shape index (κ2) is 4.99. The zero-order valence-corrected chi connectivity index (χ0v) is 12.3. The molecular formula is C16H15N3O4. The number of imide groups is 2. The Morgan fingerprint density at radius 3 is 2.48 bits per heavy atom. The van der Waals surface area contributed by atoms with Crippen LogP contribution >= 0.6 is 0 Å². The number of hydrogen-bond donors (Lipinski definition) is 2. The summed E-state index contributed by atoms with van der Waals surface area (Å²) in [5.41, 5.74) is 3.36. The molecule has 0 spiro atoms. The average Bonchev–Trinajstić information content (AvgIpc) is 2.95. The third-order valence-corrected chi connectivity index (χ3v) is 4.64. The highest BCUT2D eigenvalue weighted by Crippen LogP contribution is 2.28. The van der Waals surface area contributed by atoms with Gasteiger partial charge in [-0.25, -0.2) is 0 Å². The third kappa shape index (κ3) is 2.16. The first-order valence-electron chi connectivity index (χ1n) is 7.60. The van der Waals surface area contributed by atoms with E-state index in [0.29, 0.717) is 17.7 Å². The quantitative estimate of drug-likeness (QED) is 0.689. The van der Waals surface area contributed by atoms with E-state index in [2.05, 4.69) is 10.6 Å². The van der Waals surface area contributed by atoms with Crippen LogP contribution in [0.2, 0.25) is 0 Å². The zero-order chi connectivity index (χ0) is 16.1. The zero-order valence-electron chi connectivity index (χ0n) is 12.3. The second-order valence-corrected chi connectivity index (χ2v) is 6.09. The van der Waals surface area contributed by atoms with Gasteiger partial charge in [-0.15, -0.1) is 0 Å². The van der Waals surface area contributed by atoms with Gasteiger partial charge >= 0.3 is 0 Å². The van der Waals surface area contributed by atoms with Gasteiger partial charge in [0.05, 0.1) is 6.42 Å². The summed E-state index contributed by atoms with van der Waals surface area (Å²) in [6.07, 6.45) is 0.421. The molecule has 1 saturated heterocycles. The van der Waals surface area contributed by atoms with Gasteiger partial charge in [0.2, 0.25) is 17.7 Å². The SMILES string of the molecule is O=C1CCC(N2C(=O)Cc3cc4c(cc3C2=O)CNC4)C(=O)N1. The van der Waals surface area contributed by atoms with Crippen molar-refractivity contribution in [1.29, 1.82) is 0 Å². The van der Waals surface area contributed by atoms with Crippen LogP contribution in [0.4, 0.5) is 0 Å². The molecule has 3 aliphatic rings. The fourth-order valence-electron chi connectivity index (χ4n) is 3.48. The van der Waals surface area contributed by atoms with Crippen LogP contribution < -0.4 is 10.6 Å². The molecule has 1 atom stereocenters. The van der Waals surface area contributed by atoms with Gasteiger partial charge in [0.25, 0.3) is 5.91 Å². The van der Waals surface area contributed by atoms with E-state index in [4.69, 9.17) is 0 Å². The predicted molar refractivity (Wildman–Crippen MR) is 78.0 cm³/mol. The van der Waals surface area contributed by atoms with E-state index in [1.54, 1.807) is 0 Å². The molecule has 0 aromatic heterocycles. The standard InChI is InChI=1S/C16H15N3O4/c20-13-2-1-12(15(22)18-13)19-14(21)5-8-3-9-6-17-7-10(9)4-11(8)16(19)23/h3-4,12,17H,1-2,5-7H2,(H,18,20,22). The number of fused-ring (bicyclic) bond motifs is 2. The van der Waals surface area contributed by atoms with Crippen molar-refractivity contribution in [1.82, 2.24) is 15.5 Å². The number of carbonyl (C=O) groups excluding carboxylic acids is 4. The highest BCUT2D eigenvalue weighted by atomic mass is 16.2. The fraction of sp³-hybridized carbons (Fsp3) is 0.375. The van der Waals surface area contributed by atoms with Crippen molar-refractivity contribution in [3.8, 4) is 0 Å². The van der Waals surface area contributed by atoms with Gasteiger partial charge in [0.1, 0.15) is 6.04 Å². The summed E-state index contributed by atoms with van der Waals surface area (Å²) < 4.78 is 0.